The number of carboxylic acids is 1. The minimum absolute atomic E-state index is 0.0161. The van der Waals surface area contributed by atoms with Gasteiger partial charge >= 0.3 is 11.9 Å². The summed E-state index contributed by atoms with van der Waals surface area (Å²) in [6, 6.07) is 1.99. The Bertz CT molecular complexity index is 1020. The second kappa shape index (κ2) is 8.25. The van der Waals surface area contributed by atoms with Crippen LogP contribution in [0.5, 0.6) is 34.5 Å². The number of carbonyl (C=O) groups excluding carboxylic acids is 1. The molecule has 2 aromatic rings. The van der Waals surface area contributed by atoms with Crippen molar-refractivity contribution < 1.29 is 49.0 Å². The van der Waals surface area contributed by atoms with Crippen LogP contribution in [0.1, 0.15) is 20.7 Å². The summed E-state index contributed by atoms with van der Waals surface area (Å²) in [7, 11) is 2.87. The number of methoxy groups -OCH3 is 1. The fourth-order valence-electron chi connectivity index (χ4n) is 3.00. The van der Waals surface area contributed by atoms with Crippen molar-refractivity contribution in [2.45, 2.75) is 0 Å². The van der Waals surface area contributed by atoms with Gasteiger partial charge in [0.1, 0.15) is 6.61 Å². The van der Waals surface area contributed by atoms with Crippen LogP contribution in [0.15, 0.2) is 12.1 Å². The fraction of sp³-hybridized carbons (Fsp3) is 0.263. The lowest BCUT2D eigenvalue weighted by atomic mass is 9.92. The summed E-state index contributed by atoms with van der Waals surface area (Å²) < 4.78 is 20.6. The van der Waals surface area contributed by atoms with Crippen molar-refractivity contribution >= 4 is 11.9 Å². The molecule has 2 aromatic carbocycles. The number of hydrogen-bond acceptors (Lipinski definition) is 10. The first kappa shape index (κ1) is 20.9. The zero-order valence-corrected chi connectivity index (χ0v) is 16.0. The highest BCUT2D eigenvalue weighted by Gasteiger charge is 2.34. The van der Waals surface area contributed by atoms with Crippen LogP contribution in [0.2, 0.25) is 0 Å². The lowest BCUT2D eigenvalue weighted by Crippen LogP contribution is -2.18. The van der Waals surface area contributed by atoms with E-state index in [1.54, 1.807) is 7.05 Å². The zero-order chi connectivity index (χ0) is 22.0. The van der Waals surface area contributed by atoms with Crippen LogP contribution >= 0.6 is 0 Å². The van der Waals surface area contributed by atoms with Crippen molar-refractivity contribution in [1.82, 2.24) is 5.32 Å². The van der Waals surface area contributed by atoms with Gasteiger partial charge in [-0.3, -0.25) is 0 Å². The maximum Gasteiger partial charge on any atom is 0.339 e. The third kappa shape index (κ3) is 3.46. The molecular weight excluding hydrogens is 402 g/mol. The maximum absolute atomic E-state index is 12.7. The van der Waals surface area contributed by atoms with Crippen molar-refractivity contribution in [3.8, 4) is 45.6 Å². The van der Waals surface area contributed by atoms with Gasteiger partial charge in [0.25, 0.3) is 0 Å². The molecule has 3 rings (SSSR count). The summed E-state index contributed by atoms with van der Waals surface area (Å²) in [6.45, 7) is -0.00413. The number of phenols is 3. The van der Waals surface area contributed by atoms with Gasteiger partial charge in [-0.05, 0) is 19.2 Å². The summed E-state index contributed by atoms with van der Waals surface area (Å²) in [5, 5.41) is 43.5. The Labute approximate surface area is 170 Å². The lowest BCUT2D eigenvalue weighted by molar-refractivity contribution is 0.0509. The number of carbonyl (C=O) groups is 2. The van der Waals surface area contributed by atoms with E-state index in [9.17, 15) is 30.0 Å². The van der Waals surface area contributed by atoms with Crippen LogP contribution < -0.4 is 19.5 Å². The van der Waals surface area contributed by atoms with Gasteiger partial charge in [-0.15, -0.1) is 0 Å². The van der Waals surface area contributed by atoms with Crippen LogP contribution in [0.25, 0.3) is 11.1 Å². The Kier molecular flexibility index (Phi) is 5.74. The third-order valence-corrected chi connectivity index (χ3v) is 4.37. The number of nitrogens with one attached hydrogen (secondary N) is 1. The number of phenolic OH excluding ortho intramolecular Hbond substituents is 3. The Hall–Kier alpha value is -3.86. The quantitative estimate of drug-likeness (QED) is 0.248. The largest absolute Gasteiger partial charge is 0.504 e. The number of rotatable bonds is 7. The van der Waals surface area contributed by atoms with Gasteiger partial charge in [0.2, 0.25) is 18.3 Å². The standard InChI is InChI=1S/C19H19NO10/c1-20-3-4-28-19(26)9-6-11(27-2)14(22)15(23)12(9)13-8(18(24)25)5-10(21)16-17(13)30-7-29-16/h5-6,20-23H,3-4,7H2,1-2H3,(H,24,25). The number of ether oxygens (including phenoxy) is 4. The molecular formula is C19H19NO10. The van der Waals surface area contributed by atoms with E-state index < -0.39 is 34.8 Å². The normalized spacial score (nSPS) is 11.9. The fourth-order valence-corrected chi connectivity index (χ4v) is 3.00. The first-order chi connectivity index (χ1) is 14.3. The van der Waals surface area contributed by atoms with E-state index in [0.29, 0.717) is 6.54 Å². The number of hydrogen-bond donors (Lipinski definition) is 5. The molecule has 0 amide bonds. The van der Waals surface area contributed by atoms with Gasteiger partial charge in [-0.2, -0.15) is 0 Å². The van der Waals surface area contributed by atoms with Crippen LogP contribution in [-0.4, -0.2) is 66.5 Å². The molecule has 0 aromatic heterocycles. The lowest BCUT2D eigenvalue weighted by Gasteiger charge is -2.18. The average molecular weight is 421 g/mol. The minimum Gasteiger partial charge on any atom is -0.504 e. The van der Waals surface area contributed by atoms with Crippen molar-refractivity contribution in [2.75, 3.05) is 34.1 Å². The van der Waals surface area contributed by atoms with Gasteiger partial charge in [-0.25, -0.2) is 9.59 Å². The molecule has 5 N–H and O–H groups in total. The Morgan fingerprint density at radius 1 is 1.07 bits per heavy atom. The van der Waals surface area contributed by atoms with E-state index in [2.05, 4.69) is 5.32 Å². The molecule has 0 saturated heterocycles. The number of likely N-dealkylation sites (N-methyl/N-ethyl adjacent to an activating group) is 1. The molecule has 160 valence electrons. The van der Waals surface area contributed by atoms with E-state index in [1.165, 1.54) is 7.11 Å². The molecule has 0 aliphatic carbocycles. The number of fused-ring (bicyclic) bond motifs is 1. The molecule has 1 aliphatic rings. The Balaban J connectivity index is 2.33. The summed E-state index contributed by atoms with van der Waals surface area (Å²) in [5.41, 5.74) is -1.43. The van der Waals surface area contributed by atoms with Gasteiger partial charge in [0, 0.05) is 17.7 Å². The Morgan fingerprint density at radius 2 is 1.77 bits per heavy atom. The molecule has 0 bridgehead atoms. The number of carboxylic acid groups (broad SMARTS) is 1. The highest BCUT2D eigenvalue weighted by atomic mass is 16.7. The summed E-state index contributed by atoms with van der Waals surface area (Å²) in [4.78, 5) is 24.6. The van der Waals surface area contributed by atoms with Crippen LogP contribution in [0, 0.1) is 0 Å². The van der Waals surface area contributed by atoms with Gasteiger partial charge < -0.3 is 44.7 Å². The molecule has 1 heterocycles. The first-order valence-electron chi connectivity index (χ1n) is 8.65. The smallest absolute Gasteiger partial charge is 0.339 e. The number of benzene rings is 2. The number of aromatic carboxylic acids is 1. The van der Waals surface area contributed by atoms with Gasteiger partial charge in [0.05, 0.1) is 18.2 Å². The summed E-state index contributed by atoms with van der Waals surface area (Å²) >= 11 is 0. The average Bonchev–Trinajstić information content (AvgIpc) is 3.21. The van der Waals surface area contributed by atoms with Crippen LogP contribution in [-0.2, 0) is 4.74 Å². The first-order valence-corrected chi connectivity index (χ1v) is 8.65. The molecule has 0 spiro atoms. The van der Waals surface area contributed by atoms with E-state index in [1.807, 2.05) is 0 Å². The number of esters is 1. The maximum atomic E-state index is 12.7. The summed E-state index contributed by atoms with van der Waals surface area (Å²) in [5.74, 6) is -5.07. The third-order valence-electron chi connectivity index (χ3n) is 4.37. The van der Waals surface area contributed by atoms with Crippen molar-refractivity contribution in [2.24, 2.45) is 0 Å². The Morgan fingerprint density at radius 3 is 2.40 bits per heavy atom. The SMILES string of the molecule is CNCCOC(=O)c1cc(OC)c(O)c(O)c1-c1c(C(=O)O)cc(O)c2c1OCO2. The van der Waals surface area contributed by atoms with Gasteiger partial charge in [0.15, 0.2) is 23.0 Å². The predicted octanol–water partition coefficient (Wildman–Crippen LogP) is 1.28. The van der Waals surface area contributed by atoms with Crippen molar-refractivity contribution in [1.29, 1.82) is 0 Å². The number of aromatic hydroxyl groups is 3. The molecule has 30 heavy (non-hydrogen) atoms. The van der Waals surface area contributed by atoms with Crippen LogP contribution in [0.3, 0.4) is 0 Å². The predicted molar refractivity (Wildman–Crippen MR) is 101 cm³/mol. The van der Waals surface area contributed by atoms with Crippen molar-refractivity contribution in [3.05, 3.63) is 23.3 Å². The minimum atomic E-state index is -1.48. The van der Waals surface area contributed by atoms with Crippen molar-refractivity contribution in [3.63, 3.8) is 0 Å². The second-order valence-corrected chi connectivity index (χ2v) is 6.13. The molecule has 11 heteroatoms. The van der Waals surface area contributed by atoms with Gasteiger partial charge in [-0.1, -0.05) is 0 Å². The topological polar surface area (TPSA) is 164 Å². The van der Waals surface area contributed by atoms with E-state index in [0.717, 1.165) is 12.1 Å². The highest BCUT2D eigenvalue weighted by Crippen LogP contribution is 2.54. The molecule has 0 unspecified atom stereocenters. The summed E-state index contributed by atoms with van der Waals surface area (Å²) in [6.07, 6.45) is 0. The molecule has 11 nitrogen and oxygen atoms in total. The van der Waals surface area contributed by atoms with E-state index >= 15 is 0 Å². The molecule has 1 aliphatic heterocycles. The monoisotopic (exact) mass is 421 g/mol. The van der Waals surface area contributed by atoms with Crippen LogP contribution in [0.4, 0.5) is 0 Å². The zero-order valence-electron chi connectivity index (χ0n) is 16.0. The molecule has 0 radical (unpaired) electrons. The molecule has 0 saturated carbocycles. The van der Waals surface area contributed by atoms with E-state index in [-0.39, 0.29) is 47.3 Å². The molecule has 0 fully saturated rings. The highest BCUT2D eigenvalue weighted by molar-refractivity contribution is 6.08. The van der Waals surface area contributed by atoms with E-state index in [4.69, 9.17) is 18.9 Å². The second-order valence-electron chi connectivity index (χ2n) is 6.13. The molecule has 0 atom stereocenters.